The Bertz CT molecular complexity index is 565. The molecule has 1 aromatic carbocycles. The van der Waals surface area contributed by atoms with Gasteiger partial charge in [0.05, 0.1) is 12.6 Å². The third-order valence-electron chi connectivity index (χ3n) is 3.58. The lowest BCUT2D eigenvalue weighted by atomic mass is 9.83. The maximum absolute atomic E-state index is 11.8. The highest BCUT2D eigenvalue weighted by molar-refractivity contribution is 5.68. The van der Waals surface area contributed by atoms with Crippen LogP contribution in [0.2, 0.25) is 0 Å². The summed E-state index contributed by atoms with van der Waals surface area (Å²) in [6, 6.07) is 7.66. The van der Waals surface area contributed by atoms with Gasteiger partial charge in [-0.2, -0.15) is 0 Å². The number of para-hydroxylation sites is 1. The zero-order valence-corrected chi connectivity index (χ0v) is 11.3. The van der Waals surface area contributed by atoms with Crippen LogP contribution in [-0.2, 0) is 4.74 Å². The molecule has 2 aliphatic rings. The van der Waals surface area contributed by atoms with Crippen molar-refractivity contribution in [3.05, 3.63) is 54.1 Å². The third-order valence-corrected chi connectivity index (χ3v) is 3.58. The average molecular weight is 271 g/mol. The fraction of sp³-hybridized carbons (Fsp3) is 0.312. The highest BCUT2D eigenvalue weighted by atomic mass is 16.5. The first-order valence-electron chi connectivity index (χ1n) is 6.83. The average Bonchev–Trinajstić information content (AvgIpc) is 2.47. The van der Waals surface area contributed by atoms with Gasteiger partial charge in [-0.25, -0.2) is 4.79 Å². The smallest absolute Gasteiger partial charge is 0.407 e. The summed E-state index contributed by atoms with van der Waals surface area (Å²) in [6.45, 7) is 2.16. The Morgan fingerprint density at radius 2 is 2.10 bits per heavy atom. The summed E-state index contributed by atoms with van der Waals surface area (Å²) in [6.07, 6.45) is 7.59. The zero-order chi connectivity index (χ0) is 13.9. The minimum absolute atomic E-state index is 0.0539. The number of fused-ring (bicyclic) bond motifs is 2. The van der Waals surface area contributed by atoms with Crippen molar-refractivity contribution in [2.75, 3.05) is 6.61 Å². The molecule has 0 radical (unpaired) electrons. The second-order valence-corrected chi connectivity index (χ2v) is 4.81. The molecule has 3 rings (SSSR count). The first kappa shape index (κ1) is 12.8. The van der Waals surface area contributed by atoms with Crippen LogP contribution >= 0.6 is 0 Å². The quantitative estimate of drug-likeness (QED) is 0.899. The van der Waals surface area contributed by atoms with E-state index in [1.807, 2.05) is 42.5 Å². The number of carbonyl (C=O) groups excluding carboxylic acids is 1. The predicted octanol–water partition coefficient (Wildman–Crippen LogP) is 2.98. The van der Waals surface area contributed by atoms with Gasteiger partial charge in [-0.3, -0.25) is 0 Å². The van der Waals surface area contributed by atoms with Crippen molar-refractivity contribution in [2.24, 2.45) is 5.92 Å². The molecule has 4 nitrogen and oxygen atoms in total. The van der Waals surface area contributed by atoms with E-state index in [4.69, 9.17) is 9.47 Å². The summed E-state index contributed by atoms with van der Waals surface area (Å²) < 4.78 is 11.0. The Balaban J connectivity index is 1.93. The fourth-order valence-corrected chi connectivity index (χ4v) is 2.70. The number of rotatable bonds is 2. The lowest BCUT2D eigenvalue weighted by Crippen LogP contribution is -2.43. The molecular formula is C16H17NO3. The number of hydrogen-bond donors (Lipinski definition) is 1. The second kappa shape index (κ2) is 5.41. The number of amides is 1. The number of benzene rings is 1. The second-order valence-electron chi connectivity index (χ2n) is 4.81. The molecule has 0 unspecified atom stereocenters. The SMILES string of the molecule is CCOC(=O)N[C@@H]1c2ccccc2O[C@@H]2C=CC=C[C@@H]12. The molecule has 1 aromatic rings. The van der Waals surface area contributed by atoms with Crippen LogP contribution in [0.5, 0.6) is 5.75 Å². The van der Waals surface area contributed by atoms with Crippen LogP contribution < -0.4 is 10.1 Å². The van der Waals surface area contributed by atoms with Gasteiger partial charge in [-0.05, 0) is 19.1 Å². The molecule has 1 amide bonds. The van der Waals surface area contributed by atoms with Crippen molar-refractivity contribution >= 4 is 6.09 Å². The summed E-state index contributed by atoms with van der Waals surface area (Å²) >= 11 is 0. The van der Waals surface area contributed by atoms with Crippen LogP contribution in [0.3, 0.4) is 0 Å². The molecule has 1 N–H and O–H groups in total. The van der Waals surface area contributed by atoms with Crippen molar-refractivity contribution in [2.45, 2.75) is 19.1 Å². The molecule has 0 saturated carbocycles. The van der Waals surface area contributed by atoms with E-state index >= 15 is 0 Å². The molecule has 0 saturated heterocycles. The number of ether oxygens (including phenoxy) is 2. The Kier molecular flexibility index (Phi) is 3.46. The fourth-order valence-electron chi connectivity index (χ4n) is 2.70. The van der Waals surface area contributed by atoms with Crippen molar-refractivity contribution in [3.63, 3.8) is 0 Å². The van der Waals surface area contributed by atoms with Crippen LogP contribution in [0.4, 0.5) is 4.79 Å². The molecule has 0 aromatic heterocycles. The van der Waals surface area contributed by atoms with Gasteiger partial charge in [0.15, 0.2) is 0 Å². The Labute approximate surface area is 118 Å². The van der Waals surface area contributed by atoms with E-state index in [0.717, 1.165) is 11.3 Å². The van der Waals surface area contributed by atoms with Crippen molar-refractivity contribution in [1.29, 1.82) is 0 Å². The van der Waals surface area contributed by atoms with Gasteiger partial charge in [0.2, 0.25) is 0 Å². The number of nitrogens with one attached hydrogen (secondary N) is 1. The minimum Gasteiger partial charge on any atom is -0.485 e. The van der Waals surface area contributed by atoms with Crippen LogP contribution in [0.15, 0.2) is 48.6 Å². The van der Waals surface area contributed by atoms with Crippen molar-refractivity contribution in [3.8, 4) is 5.75 Å². The standard InChI is InChI=1S/C16H17NO3/c1-2-19-16(18)17-15-11-7-3-5-9-13(11)20-14-10-6-4-8-12(14)15/h3-11,13,15H,2H2,1H3,(H,17,18)/t11-,13-,15+/m1/s1. The Morgan fingerprint density at radius 3 is 2.95 bits per heavy atom. The first-order valence-corrected chi connectivity index (χ1v) is 6.83. The molecule has 0 spiro atoms. The number of hydrogen-bond acceptors (Lipinski definition) is 3. The molecular weight excluding hydrogens is 254 g/mol. The van der Waals surface area contributed by atoms with Crippen LogP contribution in [0, 0.1) is 5.92 Å². The van der Waals surface area contributed by atoms with Gasteiger partial charge in [-0.1, -0.05) is 36.4 Å². The first-order chi connectivity index (χ1) is 9.79. The van der Waals surface area contributed by atoms with E-state index in [0.29, 0.717) is 6.61 Å². The van der Waals surface area contributed by atoms with Gasteiger partial charge in [0, 0.05) is 11.5 Å². The molecule has 0 bridgehead atoms. The predicted molar refractivity (Wildman–Crippen MR) is 75.5 cm³/mol. The lowest BCUT2D eigenvalue weighted by Gasteiger charge is -2.38. The molecule has 1 aliphatic heterocycles. The topological polar surface area (TPSA) is 47.6 Å². The van der Waals surface area contributed by atoms with E-state index < -0.39 is 6.09 Å². The summed E-state index contributed by atoms with van der Waals surface area (Å²) in [7, 11) is 0. The van der Waals surface area contributed by atoms with Gasteiger partial charge < -0.3 is 14.8 Å². The largest absolute Gasteiger partial charge is 0.485 e. The van der Waals surface area contributed by atoms with Crippen LogP contribution in [0.1, 0.15) is 18.5 Å². The summed E-state index contributed by atoms with van der Waals surface area (Å²) in [4.78, 5) is 11.8. The molecule has 1 heterocycles. The normalized spacial score (nSPS) is 26.1. The molecule has 20 heavy (non-hydrogen) atoms. The maximum atomic E-state index is 11.8. The van der Waals surface area contributed by atoms with E-state index in [-0.39, 0.29) is 18.1 Å². The van der Waals surface area contributed by atoms with E-state index in [2.05, 4.69) is 11.4 Å². The Hall–Kier alpha value is -2.23. The van der Waals surface area contributed by atoms with Gasteiger partial charge in [-0.15, -0.1) is 0 Å². The van der Waals surface area contributed by atoms with Crippen molar-refractivity contribution < 1.29 is 14.3 Å². The van der Waals surface area contributed by atoms with Crippen LogP contribution in [-0.4, -0.2) is 18.8 Å². The molecule has 3 atom stereocenters. The van der Waals surface area contributed by atoms with E-state index in [1.165, 1.54) is 0 Å². The van der Waals surface area contributed by atoms with E-state index in [9.17, 15) is 4.79 Å². The minimum atomic E-state index is -0.393. The number of alkyl carbamates (subject to hydrolysis) is 1. The lowest BCUT2D eigenvalue weighted by molar-refractivity contribution is 0.120. The summed E-state index contributed by atoms with van der Waals surface area (Å²) in [5, 5.41) is 2.95. The maximum Gasteiger partial charge on any atom is 0.407 e. The van der Waals surface area contributed by atoms with Crippen molar-refractivity contribution in [1.82, 2.24) is 5.32 Å². The zero-order valence-electron chi connectivity index (χ0n) is 11.3. The van der Waals surface area contributed by atoms with E-state index in [1.54, 1.807) is 6.92 Å². The summed E-state index contributed by atoms with van der Waals surface area (Å²) in [5.41, 5.74) is 0.988. The number of carbonyl (C=O) groups is 1. The molecule has 104 valence electrons. The van der Waals surface area contributed by atoms with Gasteiger partial charge >= 0.3 is 6.09 Å². The summed E-state index contributed by atoms with van der Waals surface area (Å²) in [5.74, 6) is 0.898. The van der Waals surface area contributed by atoms with Gasteiger partial charge in [0.25, 0.3) is 0 Å². The monoisotopic (exact) mass is 271 g/mol. The molecule has 1 aliphatic carbocycles. The van der Waals surface area contributed by atoms with Gasteiger partial charge in [0.1, 0.15) is 11.9 Å². The highest BCUT2D eigenvalue weighted by Crippen LogP contribution is 2.40. The highest BCUT2D eigenvalue weighted by Gasteiger charge is 2.37. The third kappa shape index (κ3) is 2.29. The molecule has 4 heteroatoms. The Morgan fingerprint density at radius 1 is 1.30 bits per heavy atom. The number of allylic oxidation sites excluding steroid dienone is 2. The van der Waals surface area contributed by atoms with Crippen LogP contribution in [0.25, 0.3) is 0 Å². The molecule has 0 fully saturated rings.